The predicted octanol–water partition coefficient (Wildman–Crippen LogP) is 2.96. The molecule has 0 bridgehead atoms. The molecule has 0 fully saturated rings. The van der Waals surface area contributed by atoms with Gasteiger partial charge in [-0.25, -0.2) is 0 Å². The molecule has 3 nitrogen and oxygen atoms in total. The second-order valence-electron chi connectivity index (χ2n) is 3.53. The average Bonchev–Trinajstić information content (AvgIpc) is 2.27. The minimum absolute atomic E-state index is 0.284. The van der Waals surface area contributed by atoms with Crippen molar-refractivity contribution in [2.75, 3.05) is 20.3 Å². The highest BCUT2D eigenvalue weighted by atomic mass is 35.5. The molecule has 1 aromatic carbocycles. The first kappa shape index (κ1) is 15.1. The van der Waals surface area contributed by atoms with Crippen LogP contribution in [0.1, 0.15) is 11.7 Å². The van der Waals surface area contributed by atoms with Crippen LogP contribution < -0.4 is 4.74 Å². The normalized spacial score (nSPS) is 13.4. The molecule has 0 aliphatic carbocycles. The number of hydrogen-bond donors (Lipinski definition) is 1. The van der Waals surface area contributed by atoms with E-state index in [1.807, 2.05) is 0 Å². The van der Waals surface area contributed by atoms with Crippen molar-refractivity contribution in [3.05, 3.63) is 28.8 Å². The summed E-state index contributed by atoms with van der Waals surface area (Å²) in [5, 5.41) is 10.1. The molecule has 0 amide bonds. The van der Waals surface area contributed by atoms with Crippen LogP contribution in [0.25, 0.3) is 0 Å². The van der Waals surface area contributed by atoms with Crippen molar-refractivity contribution in [2.24, 2.45) is 0 Å². The van der Waals surface area contributed by atoms with Gasteiger partial charge in [-0.15, -0.1) is 0 Å². The molecule has 0 aliphatic heterocycles. The molecule has 0 saturated carbocycles. The van der Waals surface area contributed by atoms with Gasteiger partial charge < -0.3 is 14.6 Å². The number of hydrogen-bond acceptors (Lipinski definition) is 3. The van der Waals surface area contributed by atoms with Gasteiger partial charge in [0.15, 0.2) is 0 Å². The second-order valence-corrected chi connectivity index (χ2v) is 3.97. The molecule has 7 heteroatoms. The molecule has 1 rings (SSSR count). The maximum absolute atomic E-state index is 11.9. The summed E-state index contributed by atoms with van der Waals surface area (Å²) in [5.74, 6) is 0.336. The molecule has 0 spiro atoms. The van der Waals surface area contributed by atoms with Gasteiger partial charge in [0.1, 0.15) is 18.5 Å². The van der Waals surface area contributed by atoms with E-state index in [1.54, 1.807) is 6.07 Å². The maximum atomic E-state index is 11.9. The number of ether oxygens (including phenoxy) is 2. The van der Waals surface area contributed by atoms with Gasteiger partial charge in [0.25, 0.3) is 0 Å². The highest BCUT2D eigenvalue weighted by Gasteiger charge is 2.28. The van der Waals surface area contributed by atoms with Crippen LogP contribution in [-0.4, -0.2) is 31.6 Å². The fourth-order valence-corrected chi connectivity index (χ4v) is 1.52. The summed E-state index contributed by atoms with van der Waals surface area (Å²) < 4.78 is 44.9. The number of rotatable bonds is 5. The van der Waals surface area contributed by atoms with E-state index in [0.29, 0.717) is 10.8 Å². The van der Waals surface area contributed by atoms with Crippen molar-refractivity contribution >= 4 is 11.6 Å². The van der Waals surface area contributed by atoms with E-state index in [1.165, 1.54) is 19.2 Å². The number of methoxy groups -OCH3 is 1. The molecule has 102 valence electrons. The number of aliphatic hydroxyl groups is 1. The van der Waals surface area contributed by atoms with Crippen molar-refractivity contribution in [1.82, 2.24) is 0 Å². The minimum Gasteiger partial charge on any atom is -0.496 e. The monoisotopic (exact) mass is 284 g/mol. The summed E-state index contributed by atoms with van der Waals surface area (Å²) in [6, 6.07) is 4.49. The van der Waals surface area contributed by atoms with Crippen LogP contribution in [0.4, 0.5) is 13.2 Å². The Balaban J connectivity index is 2.66. The van der Waals surface area contributed by atoms with E-state index in [-0.39, 0.29) is 5.56 Å². The molecule has 0 radical (unpaired) electrons. The third-order valence-electron chi connectivity index (χ3n) is 2.09. The lowest BCUT2D eigenvalue weighted by molar-refractivity contribution is -0.179. The Morgan fingerprint density at radius 1 is 1.39 bits per heavy atom. The quantitative estimate of drug-likeness (QED) is 0.903. The van der Waals surface area contributed by atoms with Gasteiger partial charge in [0.2, 0.25) is 0 Å². The molecule has 0 heterocycles. The molecular weight excluding hydrogens is 273 g/mol. The van der Waals surface area contributed by atoms with Crippen molar-refractivity contribution in [3.8, 4) is 5.75 Å². The van der Waals surface area contributed by atoms with Gasteiger partial charge in [-0.1, -0.05) is 11.6 Å². The summed E-state index contributed by atoms with van der Waals surface area (Å²) in [5.41, 5.74) is 0.284. The standard InChI is InChI=1S/C11H12ClF3O3/c1-17-10-3-2-7(12)4-8(10)9(16)5-18-6-11(13,14)15/h2-4,9,16H,5-6H2,1H3. The molecule has 1 N–H and O–H groups in total. The third-order valence-corrected chi connectivity index (χ3v) is 2.33. The van der Waals surface area contributed by atoms with Crippen LogP contribution >= 0.6 is 11.6 Å². The molecule has 1 aromatic rings. The predicted molar refractivity (Wildman–Crippen MR) is 59.8 cm³/mol. The van der Waals surface area contributed by atoms with Crippen LogP contribution in [0.3, 0.4) is 0 Å². The van der Waals surface area contributed by atoms with Gasteiger partial charge in [-0.3, -0.25) is 0 Å². The number of alkyl halides is 3. The van der Waals surface area contributed by atoms with Crippen molar-refractivity contribution in [2.45, 2.75) is 12.3 Å². The van der Waals surface area contributed by atoms with Gasteiger partial charge in [-0.05, 0) is 18.2 Å². The van der Waals surface area contributed by atoms with Gasteiger partial charge >= 0.3 is 6.18 Å². The average molecular weight is 285 g/mol. The summed E-state index contributed by atoms with van der Waals surface area (Å²) in [7, 11) is 1.38. The van der Waals surface area contributed by atoms with Crippen molar-refractivity contribution in [1.29, 1.82) is 0 Å². The van der Waals surface area contributed by atoms with Gasteiger partial charge in [0.05, 0.1) is 13.7 Å². The molecule has 1 atom stereocenters. The minimum atomic E-state index is -4.42. The van der Waals surface area contributed by atoms with Crippen LogP contribution in [0, 0.1) is 0 Å². The van der Waals surface area contributed by atoms with Crippen LogP contribution in [0.2, 0.25) is 5.02 Å². The van der Waals surface area contributed by atoms with Crippen molar-refractivity contribution < 1.29 is 27.8 Å². The largest absolute Gasteiger partial charge is 0.496 e. The summed E-state index contributed by atoms with van der Waals surface area (Å²) in [4.78, 5) is 0. The first-order valence-corrected chi connectivity index (χ1v) is 5.37. The molecule has 0 aromatic heterocycles. The van der Waals surface area contributed by atoms with Crippen LogP contribution in [-0.2, 0) is 4.74 Å². The Morgan fingerprint density at radius 2 is 2.06 bits per heavy atom. The molecule has 0 aliphatic rings. The maximum Gasteiger partial charge on any atom is 0.411 e. The first-order chi connectivity index (χ1) is 8.33. The Labute approximate surface area is 107 Å². The highest BCUT2D eigenvalue weighted by molar-refractivity contribution is 6.30. The molecule has 18 heavy (non-hydrogen) atoms. The fraction of sp³-hybridized carbons (Fsp3) is 0.455. The van der Waals surface area contributed by atoms with Gasteiger partial charge in [-0.2, -0.15) is 13.2 Å². The van der Waals surface area contributed by atoms with E-state index in [9.17, 15) is 18.3 Å². The summed E-state index contributed by atoms with van der Waals surface area (Å²) in [6.45, 7) is -1.90. The van der Waals surface area contributed by atoms with Crippen molar-refractivity contribution in [3.63, 3.8) is 0 Å². The topological polar surface area (TPSA) is 38.7 Å². The zero-order chi connectivity index (χ0) is 13.8. The molecule has 1 unspecified atom stereocenters. The number of halogens is 4. The van der Waals surface area contributed by atoms with E-state index >= 15 is 0 Å². The van der Waals surface area contributed by atoms with E-state index in [4.69, 9.17) is 16.3 Å². The second kappa shape index (κ2) is 6.26. The lowest BCUT2D eigenvalue weighted by Gasteiger charge is -2.16. The lowest BCUT2D eigenvalue weighted by atomic mass is 10.1. The SMILES string of the molecule is COc1ccc(Cl)cc1C(O)COCC(F)(F)F. The third kappa shape index (κ3) is 4.72. The number of aliphatic hydroxyl groups excluding tert-OH is 1. The fourth-order valence-electron chi connectivity index (χ4n) is 1.34. The highest BCUT2D eigenvalue weighted by Crippen LogP contribution is 2.28. The molecule has 0 saturated heterocycles. The first-order valence-electron chi connectivity index (χ1n) is 4.99. The number of benzene rings is 1. The van der Waals surface area contributed by atoms with E-state index in [0.717, 1.165) is 0 Å². The zero-order valence-electron chi connectivity index (χ0n) is 9.50. The van der Waals surface area contributed by atoms with Gasteiger partial charge in [0, 0.05) is 10.6 Å². The Morgan fingerprint density at radius 3 is 2.61 bits per heavy atom. The Kier molecular flexibility index (Phi) is 5.25. The lowest BCUT2D eigenvalue weighted by Crippen LogP contribution is -2.19. The Hall–Kier alpha value is -0.980. The summed E-state index contributed by atoms with van der Waals surface area (Å²) >= 11 is 5.74. The van der Waals surface area contributed by atoms with Crippen LogP contribution in [0.15, 0.2) is 18.2 Å². The zero-order valence-corrected chi connectivity index (χ0v) is 10.3. The van der Waals surface area contributed by atoms with E-state index in [2.05, 4.69) is 4.74 Å². The smallest absolute Gasteiger partial charge is 0.411 e. The van der Waals surface area contributed by atoms with E-state index < -0.39 is 25.5 Å². The van der Waals surface area contributed by atoms with Crippen LogP contribution in [0.5, 0.6) is 5.75 Å². The summed E-state index contributed by atoms with van der Waals surface area (Å²) in [6.07, 6.45) is -5.65. The Bertz CT molecular complexity index is 396. The molecular formula is C11H12ClF3O3.